The standard InChI is InChI=1S/C17H15ClN2O2/c1-10-16(11-5-7-12(18)8-6-11)17-13(19)3-2-4-14(17)20(10)9-15(21)22/h2-8H,9,19H2,1H3,(H,21,22). The van der Waals surface area contributed by atoms with Crippen molar-refractivity contribution in [3.05, 3.63) is 53.2 Å². The second-order valence-electron chi connectivity index (χ2n) is 5.19. The fraction of sp³-hybridized carbons (Fsp3) is 0.118. The molecular formula is C17H15ClN2O2. The zero-order valence-corrected chi connectivity index (χ0v) is 12.8. The Morgan fingerprint density at radius 2 is 1.91 bits per heavy atom. The van der Waals surface area contributed by atoms with Gasteiger partial charge in [0.1, 0.15) is 6.54 Å². The molecule has 0 spiro atoms. The Morgan fingerprint density at radius 1 is 1.23 bits per heavy atom. The molecule has 22 heavy (non-hydrogen) atoms. The summed E-state index contributed by atoms with van der Waals surface area (Å²) in [6.45, 7) is 1.81. The molecule has 0 aliphatic rings. The van der Waals surface area contributed by atoms with Crippen LogP contribution in [-0.4, -0.2) is 15.6 Å². The molecule has 0 aliphatic heterocycles. The zero-order valence-electron chi connectivity index (χ0n) is 12.0. The van der Waals surface area contributed by atoms with Crippen LogP contribution in [0.5, 0.6) is 0 Å². The highest BCUT2D eigenvalue weighted by molar-refractivity contribution is 6.30. The second kappa shape index (κ2) is 5.39. The fourth-order valence-corrected chi connectivity index (χ4v) is 2.99. The molecule has 1 aromatic heterocycles. The van der Waals surface area contributed by atoms with Crippen molar-refractivity contribution in [3.63, 3.8) is 0 Å². The number of anilines is 1. The van der Waals surface area contributed by atoms with E-state index in [4.69, 9.17) is 22.4 Å². The van der Waals surface area contributed by atoms with Gasteiger partial charge in [-0.25, -0.2) is 0 Å². The van der Waals surface area contributed by atoms with E-state index < -0.39 is 5.97 Å². The maximum Gasteiger partial charge on any atom is 0.323 e. The van der Waals surface area contributed by atoms with E-state index in [1.54, 1.807) is 4.57 Å². The number of nitrogen functional groups attached to an aromatic ring is 1. The van der Waals surface area contributed by atoms with Crippen LogP contribution >= 0.6 is 11.6 Å². The summed E-state index contributed by atoms with van der Waals surface area (Å²) in [6, 6.07) is 13.0. The van der Waals surface area contributed by atoms with Gasteiger partial charge in [-0.05, 0) is 36.8 Å². The molecular weight excluding hydrogens is 300 g/mol. The number of aromatic nitrogens is 1. The van der Waals surface area contributed by atoms with E-state index in [0.29, 0.717) is 10.7 Å². The van der Waals surface area contributed by atoms with Crippen molar-refractivity contribution in [1.82, 2.24) is 4.57 Å². The largest absolute Gasteiger partial charge is 0.480 e. The summed E-state index contributed by atoms with van der Waals surface area (Å²) in [4.78, 5) is 11.2. The second-order valence-corrected chi connectivity index (χ2v) is 5.62. The van der Waals surface area contributed by atoms with E-state index in [0.717, 1.165) is 27.7 Å². The van der Waals surface area contributed by atoms with Crippen LogP contribution in [0, 0.1) is 6.92 Å². The van der Waals surface area contributed by atoms with E-state index in [1.165, 1.54) is 0 Å². The molecule has 1 heterocycles. The molecule has 3 rings (SSSR count). The Bertz CT molecular complexity index is 866. The average Bonchev–Trinajstić information content (AvgIpc) is 2.74. The summed E-state index contributed by atoms with van der Waals surface area (Å²) in [6.07, 6.45) is 0. The zero-order chi connectivity index (χ0) is 15.9. The van der Waals surface area contributed by atoms with Gasteiger partial charge in [0.15, 0.2) is 0 Å². The topological polar surface area (TPSA) is 68.2 Å². The number of benzene rings is 2. The molecule has 4 nitrogen and oxygen atoms in total. The summed E-state index contributed by atoms with van der Waals surface area (Å²) in [5.74, 6) is -0.884. The molecule has 0 radical (unpaired) electrons. The molecule has 0 aliphatic carbocycles. The number of hydrogen-bond acceptors (Lipinski definition) is 2. The van der Waals surface area contributed by atoms with Gasteiger partial charge in [0, 0.05) is 27.4 Å². The molecule has 112 valence electrons. The van der Waals surface area contributed by atoms with Gasteiger partial charge in [0.25, 0.3) is 0 Å². The van der Waals surface area contributed by atoms with E-state index in [-0.39, 0.29) is 6.54 Å². The minimum absolute atomic E-state index is 0.0978. The molecule has 0 fully saturated rings. The number of carbonyl (C=O) groups is 1. The van der Waals surface area contributed by atoms with Crippen molar-refractivity contribution in [2.24, 2.45) is 0 Å². The van der Waals surface area contributed by atoms with Gasteiger partial charge in [-0.3, -0.25) is 4.79 Å². The van der Waals surface area contributed by atoms with E-state index in [2.05, 4.69) is 0 Å². The van der Waals surface area contributed by atoms with Gasteiger partial charge in [-0.1, -0.05) is 29.8 Å². The normalized spacial score (nSPS) is 11.0. The lowest BCUT2D eigenvalue weighted by Gasteiger charge is -2.06. The van der Waals surface area contributed by atoms with Crippen LogP contribution in [0.15, 0.2) is 42.5 Å². The molecule has 0 unspecified atom stereocenters. The summed E-state index contributed by atoms with van der Waals surface area (Å²) in [5, 5.41) is 10.7. The number of rotatable bonds is 3. The van der Waals surface area contributed by atoms with Crippen LogP contribution in [-0.2, 0) is 11.3 Å². The van der Waals surface area contributed by atoms with Gasteiger partial charge in [0.05, 0.1) is 5.52 Å². The summed E-state index contributed by atoms with van der Waals surface area (Å²) in [5.41, 5.74) is 10.4. The third-order valence-electron chi connectivity index (χ3n) is 3.81. The highest BCUT2D eigenvalue weighted by Crippen LogP contribution is 2.38. The number of carboxylic acids is 1. The first-order valence-electron chi connectivity index (χ1n) is 6.84. The van der Waals surface area contributed by atoms with Gasteiger partial charge in [0.2, 0.25) is 0 Å². The highest BCUT2D eigenvalue weighted by Gasteiger charge is 2.18. The lowest BCUT2D eigenvalue weighted by molar-refractivity contribution is -0.137. The van der Waals surface area contributed by atoms with Gasteiger partial charge < -0.3 is 15.4 Å². The smallest absolute Gasteiger partial charge is 0.323 e. The summed E-state index contributed by atoms with van der Waals surface area (Å²) in [7, 11) is 0. The molecule has 3 aromatic rings. The Morgan fingerprint density at radius 3 is 2.55 bits per heavy atom. The minimum Gasteiger partial charge on any atom is -0.480 e. The summed E-state index contributed by atoms with van der Waals surface area (Å²) >= 11 is 5.95. The van der Waals surface area contributed by atoms with Crippen LogP contribution < -0.4 is 5.73 Å². The lowest BCUT2D eigenvalue weighted by atomic mass is 10.0. The van der Waals surface area contributed by atoms with Gasteiger partial charge in [-0.15, -0.1) is 0 Å². The third kappa shape index (κ3) is 2.31. The first kappa shape index (κ1) is 14.5. The lowest BCUT2D eigenvalue weighted by Crippen LogP contribution is -2.09. The SMILES string of the molecule is Cc1c(-c2ccc(Cl)cc2)c2c(N)cccc2n1CC(=O)O. The number of hydrogen-bond donors (Lipinski definition) is 2. The van der Waals surface area contributed by atoms with E-state index >= 15 is 0 Å². The Labute approximate surface area is 132 Å². The van der Waals surface area contributed by atoms with Crippen molar-refractivity contribution >= 4 is 34.2 Å². The van der Waals surface area contributed by atoms with E-state index in [1.807, 2.05) is 49.4 Å². The number of fused-ring (bicyclic) bond motifs is 1. The maximum absolute atomic E-state index is 11.2. The Kier molecular flexibility index (Phi) is 3.54. The van der Waals surface area contributed by atoms with E-state index in [9.17, 15) is 4.79 Å². The number of aliphatic carboxylic acids is 1. The van der Waals surface area contributed by atoms with Crippen LogP contribution in [0.25, 0.3) is 22.0 Å². The van der Waals surface area contributed by atoms with Crippen molar-refractivity contribution in [2.75, 3.05) is 5.73 Å². The van der Waals surface area contributed by atoms with Crippen molar-refractivity contribution < 1.29 is 9.90 Å². The van der Waals surface area contributed by atoms with Crippen LogP contribution in [0.1, 0.15) is 5.69 Å². The molecule has 0 bridgehead atoms. The van der Waals surface area contributed by atoms with Gasteiger partial charge in [-0.2, -0.15) is 0 Å². The third-order valence-corrected chi connectivity index (χ3v) is 4.06. The van der Waals surface area contributed by atoms with Gasteiger partial charge >= 0.3 is 5.97 Å². The molecule has 0 atom stereocenters. The fourth-order valence-electron chi connectivity index (χ4n) is 2.86. The molecule has 5 heteroatoms. The quantitative estimate of drug-likeness (QED) is 0.720. The maximum atomic E-state index is 11.2. The average molecular weight is 315 g/mol. The molecule has 0 saturated carbocycles. The molecule has 2 aromatic carbocycles. The number of carboxylic acid groups (broad SMARTS) is 1. The first-order chi connectivity index (χ1) is 10.5. The molecule has 0 saturated heterocycles. The first-order valence-corrected chi connectivity index (χ1v) is 7.22. The van der Waals surface area contributed by atoms with Crippen molar-refractivity contribution in [1.29, 1.82) is 0 Å². The number of nitrogens with zero attached hydrogens (tertiary/aromatic N) is 1. The highest BCUT2D eigenvalue weighted by atomic mass is 35.5. The van der Waals surface area contributed by atoms with Crippen LogP contribution in [0.3, 0.4) is 0 Å². The Balaban J connectivity index is 2.36. The number of nitrogens with two attached hydrogens (primary N) is 1. The minimum atomic E-state index is -0.884. The monoisotopic (exact) mass is 314 g/mol. The predicted octanol–water partition coefficient (Wildman–Crippen LogP) is 3.94. The van der Waals surface area contributed by atoms with Crippen LogP contribution in [0.2, 0.25) is 5.02 Å². The predicted molar refractivity (Wildman–Crippen MR) is 89.2 cm³/mol. The Hall–Kier alpha value is -2.46. The summed E-state index contributed by atoms with van der Waals surface area (Å²) < 4.78 is 1.78. The molecule has 0 amide bonds. The number of halogens is 1. The van der Waals surface area contributed by atoms with Crippen molar-refractivity contribution in [2.45, 2.75) is 13.5 Å². The van der Waals surface area contributed by atoms with Crippen LogP contribution in [0.4, 0.5) is 5.69 Å². The van der Waals surface area contributed by atoms with Crippen molar-refractivity contribution in [3.8, 4) is 11.1 Å². The molecule has 3 N–H and O–H groups in total.